The zero-order valence-electron chi connectivity index (χ0n) is 36.8. The number of ether oxygens (including phenoxy) is 4. The first-order chi connectivity index (χ1) is 30.9. The molecule has 3 aliphatic rings. The molecule has 1 fully saturated rings. The summed E-state index contributed by atoms with van der Waals surface area (Å²) in [6.07, 6.45) is 6.26. The van der Waals surface area contributed by atoms with Crippen LogP contribution in [-0.4, -0.2) is 89.8 Å². The Balaban J connectivity index is 1.27. The normalized spacial score (nSPS) is 19.8. The van der Waals surface area contributed by atoms with Crippen molar-refractivity contribution in [1.82, 2.24) is 14.8 Å². The van der Waals surface area contributed by atoms with Crippen LogP contribution in [0.3, 0.4) is 0 Å². The Morgan fingerprint density at radius 2 is 1.62 bits per heavy atom. The topological polar surface area (TPSA) is 183 Å². The molecule has 0 spiro atoms. The summed E-state index contributed by atoms with van der Waals surface area (Å²) in [5, 5.41) is 27.2. The highest BCUT2D eigenvalue weighted by molar-refractivity contribution is 5.98. The van der Waals surface area contributed by atoms with Crippen LogP contribution < -0.4 is 25.1 Å². The summed E-state index contributed by atoms with van der Waals surface area (Å²) in [5.74, 6) is -2.91. The van der Waals surface area contributed by atoms with Crippen LogP contribution in [0.1, 0.15) is 108 Å². The molecule has 7 rings (SSSR count). The van der Waals surface area contributed by atoms with Gasteiger partial charge >= 0.3 is 5.97 Å². The number of fused-ring (bicyclic) bond motifs is 5. The molecule has 14 nitrogen and oxygen atoms in total. The number of aromatic nitrogens is 1. The molecular formula is C50H57N3O11. The highest BCUT2D eigenvalue weighted by Gasteiger charge is 2.39. The van der Waals surface area contributed by atoms with Gasteiger partial charge in [0, 0.05) is 74.5 Å². The number of aromatic hydroxyl groups is 2. The van der Waals surface area contributed by atoms with Gasteiger partial charge in [-0.3, -0.25) is 19.2 Å². The maximum atomic E-state index is 14.7. The number of phenols is 2. The van der Waals surface area contributed by atoms with Gasteiger partial charge in [0.05, 0.1) is 27.4 Å². The van der Waals surface area contributed by atoms with E-state index in [0.717, 1.165) is 17.7 Å². The lowest BCUT2D eigenvalue weighted by molar-refractivity contribution is -0.138. The number of hydrogen-bond acceptors (Lipinski definition) is 11. The summed E-state index contributed by atoms with van der Waals surface area (Å²) in [4.78, 5) is 70.3. The van der Waals surface area contributed by atoms with Crippen molar-refractivity contribution in [3.05, 3.63) is 117 Å². The summed E-state index contributed by atoms with van der Waals surface area (Å²) in [6, 6.07) is 18.2. The first kappa shape index (κ1) is 45.5. The monoisotopic (exact) mass is 875 g/mol. The number of carbonyl (C=O) groups is 4. The van der Waals surface area contributed by atoms with Gasteiger partial charge in [0.2, 0.25) is 17.6 Å². The van der Waals surface area contributed by atoms with E-state index in [1.54, 1.807) is 52.8 Å². The third-order valence-corrected chi connectivity index (χ3v) is 12.6. The zero-order chi connectivity index (χ0) is 45.5. The molecule has 2 bridgehead atoms. The number of cyclic esters (lactones) is 1. The molecule has 4 heterocycles. The minimum absolute atomic E-state index is 0.0449. The van der Waals surface area contributed by atoms with Gasteiger partial charge < -0.3 is 43.9 Å². The van der Waals surface area contributed by atoms with Crippen LogP contribution in [0.4, 0.5) is 0 Å². The molecule has 1 saturated heterocycles. The van der Waals surface area contributed by atoms with Gasteiger partial charge in [-0.1, -0.05) is 48.6 Å². The quantitative estimate of drug-likeness (QED) is 0.137. The predicted octanol–water partition coefficient (Wildman–Crippen LogP) is 6.66. The van der Waals surface area contributed by atoms with Gasteiger partial charge in [0.25, 0.3) is 5.56 Å². The number of benzene rings is 3. The lowest BCUT2D eigenvalue weighted by Crippen LogP contribution is -2.55. The number of nitrogens with one attached hydrogen (secondary N) is 1. The third kappa shape index (κ3) is 10.1. The van der Waals surface area contributed by atoms with Crippen molar-refractivity contribution in [1.29, 1.82) is 0 Å². The average Bonchev–Trinajstić information content (AvgIpc) is 3.27. The van der Waals surface area contributed by atoms with Crippen LogP contribution in [0.2, 0.25) is 0 Å². The fourth-order valence-corrected chi connectivity index (χ4v) is 9.49. The van der Waals surface area contributed by atoms with Crippen LogP contribution >= 0.6 is 0 Å². The minimum atomic E-state index is -1.15. The number of nitrogens with zero attached hydrogens (tertiary/aromatic N) is 2. The first-order valence-electron chi connectivity index (χ1n) is 22.0. The van der Waals surface area contributed by atoms with E-state index < -0.39 is 47.9 Å². The molecule has 14 heteroatoms. The van der Waals surface area contributed by atoms with Gasteiger partial charge in [-0.05, 0) is 85.9 Å². The van der Waals surface area contributed by atoms with Crippen molar-refractivity contribution in [2.75, 3.05) is 34.4 Å². The number of Topliss-reactive ketones (excluding diaryl/α,β-unsaturated/α-hetero) is 1. The van der Waals surface area contributed by atoms with Crippen molar-refractivity contribution in [3.8, 4) is 28.7 Å². The molecule has 338 valence electrons. The molecule has 5 atom stereocenters. The molecular weight excluding hydrogens is 819 g/mol. The van der Waals surface area contributed by atoms with E-state index in [0.29, 0.717) is 63.7 Å². The second-order valence-corrected chi connectivity index (χ2v) is 17.0. The number of likely N-dealkylation sites (tertiary alicyclic amines) is 1. The number of ketones is 1. The minimum Gasteiger partial charge on any atom is -0.507 e. The third-order valence-electron chi connectivity index (χ3n) is 12.6. The molecule has 3 N–H and O–H groups in total. The Hall–Kier alpha value is -6.57. The van der Waals surface area contributed by atoms with Crippen LogP contribution in [-0.2, 0) is 32.1 Å². The van der Waals surface area contributed by atoms with Crippen LogP contribution in [0.25, 0.3) is 6.08 Å². The van der Waals surface area contributed by atoms with Crippen LogP contribution in [0, 0.1) is 5.92 Å². The lowest BCUT2D eigenvalue weighted by atomic mass is 9.82. The standard InChI is InChI=1S/C50H57N3O11/c1-30-13-11-18-36(54)17-10-6-9-16-33-23-40(55)46(47(58)45(33)50(60)64-30)37(34-24-41(61-2)48(63-4)42(25-34)62-3)26-43(56)51-38(22-31-14-7-5-8-15-31)49(59)52-27-32-21-35(29-52)39-19-12-20-44(57)53(39)28-32/h5,7-9,12,14-16,19-20,23-25,30,32,35,37-38,55,58H,6,10-11,13,17-18,21-22,26-29H2,1-4H3,(H,51,56)/t30-,32?,35?,37?,38-/m0/s1. The first-order valence-corrected chi connectivity index (χ1v) is 22.0. The summed E-state index contributed by atoms with van der Waals surface area (Å²) >= 11 is 0. The van der Waals surface area contributed by atoms with E-state index in [9.17, 15) is 34.2 Å². The molecule has 0 radical (unpaired) electrons. The second kappa shape index (κ2) is 20.3. The van der Waals surface area contributed by atoms with E-state index in [1.165, 1.54) is 27.4 Å². The fraction of sp³-hybridized carbons (Fsp3) is 0.420. The number of methoxy groups -OCH3 is 3. The molecule has 64 heavy (non-hydrogen) atoms. The highest BCUT2D eigenvalue weighted by atomic mass is 16.5. The van der Waals surface area contributed by atoms with E-state index in [2.05, 4.69) is 5.32 Å². The molecule has 0 aliphatic carbocycles. The fourth-order valence-electron chi connectivity index (χ4n) is 9.49. The van der Waals surface area contributed by atoms with E-state index in [-0.39, 0.29) is 69.4 Å². The number of phenolic OH excluding ortho intramolecular Hbond substituents is 2. The Kier molecular flexibility index (Phi) is 14.4. The van der Waals surface area contributed by atoms with Crippen LogP contribution in [0.5, 0.6) is 28.7 Å². The molecule has 1 aromatic heterocycles. The maximum absolute atomic E-state index is 14.7. The molecule has 4 aromatic rings. The predicted molar refractivity (Wildman–Crippen MR) is 239 cm³/mol. The van der Waals surface area contributed by atoms with Gasteiger partial charge in [-0.25, -0.2) is 4.79 Å². The number of rotatable bonds is 11. The van der Waals surface area contributed by atoms with Gasteiger partial charge in [0.1, 0.15) is 28.9 Å². The average molecular weight is 876 g/mol. The van der Waals surface area contributed by atoms with Gasteiger partial charge in [-0.15, -0.1) is 0 Å². The van der Waals surface area contributed by atoms with Crippen LogP contribution in [0.15, 0.2) is 77.6 Å². The Bertz CT molecular complexity index is 2440. The summed E-state index contributed by atoms with van der Waals surface area (Å²) in [6.45, 7) is 3.02. The lowest BCUT2D eigenvalue weighted by Gasteiger charge is -2.43. The number of pyridine rings is 1. The number of esters is 1. The Labute approximate surface area is 372 Å². The molecule has 3 unspecified atom stereocenters. The zero-order valence-corrected chi connectivity index (χ0v) is 36.8. The highest BCUT2D eigenvalue weighted by Crippen LogP contribution is 2.48. The number of piperidine rings is 1. The SMILES string of the molecule is COc1cc(C(CC(=O)N[C@@H](Cc2ccccc2)C(=O)N2CC3CC(C2)c2cccc(=O)n2C3)c2c(O)cc3c(c2O)C(=O)O[C@@H](C)CCCC(=O)CCCC=C3)cc(OC)c1OC. The summed E-state index contributed by atoms with van der Waals surface area (Å²) < 4.78 is 24.6. The smallest absolute Gasteiger partial charge is 0.342 e. The van der Waals surface area contributed by atoms with E-state index in [1.807, 2.05) is 36.4 Å². The van der Waals surface area contributed by atoms with Crippen molar-refractivity contribution in [2.24, 2.45) is 5.92 Å². The molecule has 2 amide bonds. The van der Waals surface area contributed by atoms with E-state index in [4.69, 9.17) is 18.9 Å². The number of carbonyl (C=O) groups excluding carboxylic acids is 4. The number of allylic oxidation sites excluding steroid dienone is 1. The Morgan fingerprint density at radius 3 is 2.34 bits per heavy atom. The Morgan fingerprint density at radius 1 is 0.891 bits per heavy atom. The van der Waals surface area contributed by atoms with E-state index >= 15 is 0 Å². The maximum Gasteiger partial charge on any atom is 0.342 e. The largest absolute Gasteiger partial charge is 0.507 e. The number of hydrogen-bond donors (Lipinski definition) is 3. The molecule has 3 aliphatic heterocycles. The van der Waals surface area contributed by atoms with Crippen molar-refractivity contribution >= 4 is 29.6 Å². The number of amides is 2. The summed E-state index contributed by atoms with van der Waals surface area (Å²) in [7, 11) is 4.33. The van der Waals surface area contributed by atoms with Crippen molar-refractivity contribution < 1.29 is 48.3 Å². The molecule has 3 aromatic carbocycles. The van der Waals surface area contributed by atoms with Gasteiger partial charge in [0.15, 0.2) is 11.5 Å². The summed E-state index contributed by atoms with van der Waals surface area (Å²) in [5.41, 5.74) is 1.89. The van der Waals surface area contributed by atoms with Crippen molar-refractivity contribution in [2.45, 2.75) is 95.2 Å². The second-order valence-electron chi connectivity index (χ2n) is 17.0. The van der Waals surface area contributed by atoms with Crippen molar-refractivity contribution in [3.63, 3.8) is 0 Å². The molecule has 0 saturated carbocycles. The van der Waals surface area contributed by atoms with Gasteiger partial charge in [-0.2, -0.15) is 0 Å².